The largest absolute Gasteiger partial charge is 0.355 e. The molecule has 3 heterocycles. The summed E-state index contributed by atoms with van der Waals surface area (Å²) in [5.41, 5.74) is 0.589. The first-order valence-corrected chi connectivity index (χ1v) is 7.84. The number of carbonyl (C=O) groups is 2. The van der Waals surface area contributed by atoms with Crippen LogP contribution in [0.4, 0.5) is 5.82 Å². The molecule has 0 radical (unpaired) electrons. The molecule has 2 aliphatic heterocycles. The summed E-state index contributed by atoms with van der Waals surface area (Å²) < 4.78 is 0. The highest BCUT2D eigenvalue weighted by Gasteiger charge is 2.30. The van der Waals surface area contributed by atoms with Crippen molar-refractivity contribution in [1.29, 1.82) is 5.26 Å². The Hall–Kier alpha value is -2.62. The molecular formula is C16H19N5O2. The molecule has 1 aromatic rings. The summed E-state index contributed by atoms with van der Waals surface area (Å²) in [5, 5.41) is 11.7. The van der Waals surface area contributed by atoms with Crippen molar-refractivity contribution in [2.45, 2.75) is 12.8 Å². The first kappa shape index (κ1) is 15.3. The second-order valence-electron chi connectivity index (χ2n) is 5.87. The van der Waals surface area contributed by atoms with Gasteiger partial charge in [-0.05, 0) is 18.6 Å². The van der Waals surface area contributed by atoms with Crippen LogP contribution < -0.4 is 10.2 Å². The molecular weight excluding hydrogens is 294 g/mol. The number of anilines is 1. The van der Waals surface area contributed by atoms with Crippen LogP contribution in [0, 0.1) is 17.2 Å². The molecule has 2 saturated heterocycles. The molecule has 0 spiro atoms. The summed E-state index contributed by atoms with van der Waals surface area (Å²) in [4.78, 5) is 31.9. The standard InChI is InChI=1S/C16H19N5O2/c17-10-12-3-4-18-14(9-12)20-5-7-21(8-6-20)16(23)13-1-2-15(22)19-11-13/h3-4,9,13H,1-2,5-8,11H2,(H,19,22)/t13-/m1/s1. The number of amides is 2. The van der Waals surface area contributed by atoms with Gasteiger partial charge in [0.1, 0.15) is 5.82 Å². The Morgan fingerprint density at radius 2 is 2.13 bits per heavy atom. The van der Waals surface area contributed by atoms with Crippen molar-refractivity contribution in [3.63, 3.8) is 0 Å². The highest BCUT2D eigenvalue weighted by atomic mass is 16.2. The van der Waals surface area contributed by atoms with E-state index in [2.05, 4.69) is 21.3 Å². The predicted molar refractivity (Wildman–Crippen MR) is 83.5 cm³/mol. The molecule has 1 N–H and O–H groups in total. The van der Waals surface area contributed by atoms with E-state index >= 15 is 0 Å². The number of piperidine rings is 1. The van der Waals surface area contributed by atoms with E-state index in [-0.39, 0.29) is 17.7 Å². The van der Waals surface area contributed by atoms with Gasteiger partial charge in [-0.15, -0.1) is 0 Å². The van der Waals surface area contributed by atoms with Crippen LogP contribution in [0.2, 0.25) is 0 Å². The maximum Gasteiger partial charge on any atom is 0.227 e. The van der Waals surface area contributed by atoms with Gasteiger partial charge in [0.05, 0.1) is 17.6 Å². The zero-order valence-electron chi connectivity index (χ0n) is 12.9. The van der Waals surface area contributed by atoms with E-state index in [0.717, 1.165) is 5.82 Å². The summed E-state index contributed by atoms with van der Waals surface area (Å²) in [7, 11) is 0. The lowest BCUT2D eigenvalue weighted by atomic mass is 9.97. The van der Waals surface area contributed by atoms with Crippen molar-refractivity contribution in [3.05, 3.63) is 23.9 Å². The van der Waals surface area contributed by atoms with Crippen LogP contribution in [-0.2, 0) is 9.59 Å². The van der Waals surface area contributed by atoms with Crippen molar-refractivity contribution >= 4 is 17.6 Å². The van der Waals surface area contributed by atoms with Crippen molar-refractivity contribution in [2.75, 3.05) is 37.6 Å². The van der Waals surface area contributed by atoms with Gasteiger partial charge in [-0.2, -0.15) is 5.26 Å². The molecule has 0 aliphatic carbocycles. The molecule has 1 atom stereocenters. The number of nitriles is 1. The quantitative estimate of drug-likeness (QED) is 0.838. The first-order valence-electron chi connectivity index (χ1n) is 7.84. The van der Waals surface area contributed by atoms with Crippen LogP contribution >= 0.6 is 0 Å². The van der Waals surface area contributed by atoms with Crippen LogP contribution in [0.5, 0.6) is 0 Å². The van der Waals surface area contributed by atoms with E-state index in [1.807, 2.05) is 4.90 Å². The van der Waals surface area contributed by atoms with Gasteiger partial charge in [0.2, 0.25) is 11.8 Å². The molecule has 0 saturated carbocycles. The van der Waals surface area contributed by atoms with E-state index < -0.39 is 0 Å². The van der Waals surface area contributed by atoms with Gasteiger partial charge in [0.15, 0.2) is 0 Å². The number of nitrogens with zero attached hydrogens (tertiary/aromatic N) is 4. The minimum absolute atomic E-state index is 0.0299. The molecule has 0 unspecified atom stereocenters. The second-order valence-corrected chi connectivity index (χ2v) is 5.87. The molecule has 2 fully saturated rings. The fraction of sp³-hybridized carbons (Fsp3) is 0.500. The van der Waals surface area contributed by atoms with E-state index in [0.29, 0.717) is 51.1 Å². The lowest BCUT2D eigenvalue weighted by Gasteiger charge is -2.37. The SMILES string of the molecule is N#Cc1ccnc(N2CCN(C(=O)[C@@H]3CCC(=O)NC3)CC2)c1. The number of nitrogens with one attached hydrogen (secondary N) is 1. The fourth-order valence-corrected chi connectivity index (χ4v) is 3.02. The van der Waals surface area contributed by atoms with Crippen LogP contribution in [0.3, 0.4) is 0 Å². The maximum atomic E-state index is 12.5. The van der Waals surface area contributed by atoms with Gasteiger partial charge >= 0.3 is 0 Å². The summed E-state index contributed by atoms with van der Waals surface area (Å²) in [6.07, 6.45) is 2.70. The van der Waals surface area contributed by atoms with E-state index in [9.17, 15) is 9.59 Å². The number of piperazine rings is 1. The first-order chi connectivity index (χ1) is 11.2. The Morgan fingerprint density at radius 1 is 1.35 bits per heavy atom. The van der Waals surface area contributed by atoms with E-state index in [1.54, 1.807) is 18.3 Å². The third-order valence-corrected chi connectivity index (χ3v) is 4.40. The van der Waals surface area contributed by atoms with Crippen molar-refractivity contribution in [1.82, 2.24) is 15.2 Å². The highest BCUT2D eigenvalue weighted by Crippen LogP contribution is 2.18. The molecule has 0 bridgehead atoms. The van der Waals surface area contributed by atoms with Crippen molar-refractivity contribution in [3.8, 4) is 6.07 Å². The normalized spacial score (nSPS) is 21.5. The number of pyridine rings is 1. The summed E-state index contributed by atoms with van der Waals surface area (Å²) in [5.74, 6) is 0.839. The molecule has 23 heavy (non-hydrogen) atoms. The van der Waals surface area contributed by atoms with Crippen LogP contribution in [-0.4, -0.2) is 54.4 Å². The number of hydrogen-bond donors (Lipinski definition) is 1. The maximum absolute atomic E-state index is 12.5. The molecule has 2 aliphatic rings. The molecule has 7 nitrogen and oxygen atoms in total. The number of hydrogen-bond acceptors (Lipinski definition) is 5. The van der Waals surface area contributed by atoms with E-state index in [4.69, 9.17) is 5.26 Å². The Morgan fingerprint density at radius 3 is 2.78 bits per heavy atom. The van der Waals surface area contributed by atoms with Crippen LogP contribution in [0.1, 0.15) is 18.4 Å². The van der Waals surface area contributed by atoms with Gasteiger partial charge in [-0.25, -0.2) is 4.98 Å². The molecule has 0 aromatic carbocycles. The molecule has 3 rings (SSSR count). The minimum Gasteiger partial charge on any atom is -0.355 e. The van der Waals surface area contributed by atoms with E-state index in [1.165, 1.54) is 0 Å². The van der Waals surface area contributed by atoms with Gasteiger partial charge in [0, 0.05) is 45.3 Å². The van der Waals surface area contributed by atoms with Crippen molar-refractivity contribution < 1.29 is 9.59 Å². The molecule has 1 aromatic heterocycles. The summed E-state index contributed by atoms with van der Waals surface area (Å²) in [6, 6.07) is 5.57. The minimum atomic E-state index is -0.0979. The third kappa shape index (κ3) is 3.42. The van der Waals surface area contributed by atoms with Crippen LogP contribution in [0.15, 0.2) is 18.3 Å². The van der Waals surface area contributed by atoms with Gasteiger partial charge in [0.25, 0.3) is 0 Å². The smallest absolute Gasteiger partial charge is 0.227 e. The summed E-state index contributed by atoms with van der Waals surface area (Å²) in [6.45, 7) is 3.13. The topological polar surface area (TPSA) is 89.3 Å². The van der Waals surface area contributed by atoms with Gasteiger partial charge in [-0.3, -0.25) is 9.59 Å². The van der Waals surface area contributed by atoms with Crippen molar-refractivity contribution in [2.24, 2.45) is 5.92 Å². The molecule has 120 valence electrons. The second kappa shape index (κ2) is 6.65. The third-order valence-electron chi connectivity index (χ3n) is 4.40. The number of carbonyl (C=O) groups excluding carboxylic acids is 2. The van der Waals surface area contributed by atoms with Gasteiger partial charge in [-0.1, -0.05) is 0 Å². The number of aromatic nitrogens is 1. The zero-order valence-corrected chi connectivity index (χ0v) is 12.9. The Bertz CT molecular complexity index is 636. The Kier molecular flexibility index (Phi) is 4.42. The average Bonchev–Trinajstić information content (AvgIpc) is 2.62. The zero-order chi connectivity index (χ0) is 16.2. The number of rotatable bonds is 2. The Balaban J connectivity index is 1.56. The lowest BCUT2D eigenvalue weighted by molar-refractivity contribution is -0.137. The predicted octanol–water partition coefficient (Wildman–Crippen LogP) is 0.128. The lowest BCUT2D eigenvalue weighted by Crippen LogP contribution is -2.52. The fourth-order valence-electron chi connectivity index (χ4n) is 3.02. The Labute approximate surface area is 134 Å². The monoisotopic (exact) mass is 313 g/mol. The average molecular weight is 313 g/mol. The highest BCUT2D eigenvalue weighted by molar-refractivity contribution is 5.84. The molecule has 7 heteroatoms. The summed E-state index contributed by atoms with van der Waals surface area (Å²) >= 11 is 0. The van der Waals surface area contributed by atoms with Gasteiger partial charge < -0.3 is 15.1 Å². The molecule has 2 amide bonds. The van der Waals surface area contributed by atoms with Crippen LogP contribution in [0.25, 0.3) is 0 Å².